The first-order chi connectivity index (χ1) is 10.6. The van der Waals surface area contributed by atoms with Crippen molar-refractivity contribution in [3.8, 4) is 0 Å². The summed E-state index contributed by atoms with van der Waals surface area (Å²) >= 11 is 0. The molecule has 1 aromatic carbocycles. The Labute approximate surface area is 131 Å². The van der Waals surface area contributed by atoms with Crippen LogP contribution in [0.15, 0.2) is 24.3 Å². The molecular weight excluding hydrogens is 279 g/mol. The first-order valence-corrected chi connectivity index (χ1v) is 8.29. The van der Waals surface area contributed by atoms with Crippen molar-refractivity contribution in [1.29, 1.82) is 0 Å². The van der Waals surface area contributed by atoms with E-state index in [1.165, 1.54) is 18.9 Å². The lowest BCUT2D eigenvalue weighted by Gasteiger charge is -2.39. The topological polar surface area (TPSA) is 32.3 Å². The summed E-state index contributed by atoms with van der Waals surface area (Å²) in [5.74, 6) is 0.622. The van der Waals surface area contributed by atoms with Crippen LogP contribution in [-0.4, -0.2) is 37.5 Å². The molecule has 1 amide bonds. The fourth-order valence-electron chi connectivity index (χ4n) is 3.31. The number of nitrogens with one attached hydrogen (secondary N) is 1. The first kappa shape index (κ1) is 15.5. The summed E-state index contributed by atoms with van der Waals surface area (Å²) in [4.78, 5) is 15.1. The van der Waals surface area contributed by atoms with Gasteiger partial charge in [-0.1, -0.05) is 12.1 Å². The Morgan fingerprint density at radius 3 is 2.73 bits per heavy atom. The number of benzene rings is 1. The molecule has 2 aliphatic rings. The van der Waals surface area contributed by atoms with Crippen LogP contribution in [0, 0.1) is 17.2 Å². The predicted octanol–water partition coefficient (Wildman–Crippen LogP) is 2.61. The molecule has 4 heteroatoms. The lowest BCUT2D eigenvalue weighted by molar-refractivity contribution is -0.133. The standard InChI is InChI=1S/C18H25FN2O/c1-21-9-7-18(8-10-21,17(22)20-13-14-5-6-14)12-15-3-2-4-16(19)11-15/h2-4,11,14H,5-10,12-13H2,1H3,(H,20,22). The predicted molar refractivity (Wildman–Crippen MR) is 85.0 cm³/mol. The van der Waals surface area contributed by atoms with Crippen molar-refractivity contribution in [3.05, 3.63) is 35.6 Å². The van der Waals surface area contributed by atoms with E-state index in [2.05, 4.69) is 17.3 Å². The van der Waals surface area contributed by atoms with Crippen LogP contribution < -0.4 is 5.32 Å². The molecule has 1 aromatic rings. The third-order valence-corrected chi connectivity index (χ3v) is 5.11. The number of piperidine rings is 1. The van der Waals surface area contributed by atoms with Crippen LogP contribution in [0.25, 0.3) is 0 Å². The number of rotatable bonds is 5. The van der Waals surface area contributed by atoms with Crippen molar-refractivity contribution in [2.75, 3.05) is 26.7 Å². The normalized spacial score (nSPS) is 21.5. The molecule has 1 saturated heterocycles. The van der Waals surface area contributed by atoms with Gasteiger partial charge in [-0.3, -0.25) is 4.79 Å². The van der Waals surface area contributed by atoms with Gasteiger partial charge in [-0.2, -0.15) is 0 Å². The van der Waals surface area contributed by atoms with Crippen LogP contribution in [0.1, 0.15) is 31.2 Å². The number of amides is 1. The molecule has 3 nitrogen and oxygen atoms in total. The maximum Gasteiger partial charge on any atom is 0.226 e. The zero-order valence-corrected chi connectivity index (χ0v) is 13.3. The highest BCUT2D eigenvalue weighted by atomic mass is 19.1. The first-order valence-electron chi connectivity index (χ1n) is 8.29. The molecule has 0 unspecified atom stereocenters. The Hall–Kier alpha value is -1.42. The van der Waals surface area contributed by atoms with Gasteiger partial charge in [-0.25, -0.2) is 4.39 Å². The smallest absolute Gasteiger partial charge is 0.226 e. The minimum atomic E-state index is -0.380. The Bertz CT molecular complexity index is 534. The average Bonchev–Trinajstić information content (AvgIpc) is 3.32. The molecular formula is C18H25FN2O. The average molecular weight is 304 g/mol. The van der Waals surface area contributed by atoms with E-state index in [-0.39, 0.29) is 17.1 Å². The van der Waals surface area contributed by atoms with Crippen molar-refractivity contribution in [2.45, 2.75) is 32.1 Å². The SMILES string of the molecule is CN1CCC(Cc2cccc(F)c2)(C(=O)NCC2CC2)CC1. The largest absolute Gasteiger partial charge is 0.355 e. The van der Waals surface area contributed by atoms with Gasteiger partial charge in [0, 0.05) is 6.54 Å². The number of hydrogen-bond acceptors (Lipinski definition) is 2. The van der Waals surface area contributed by atoms with Gasteiger partial charge in [0.2, 0.25) is 5.91 Å². The summed E-state index contributed by atoms with van der Waals surface area (Å²) < 4.78 is 13.5. The maximum atomic E-state index is 13.5. The summed E-state index contributed by atoms with van der Waals surface area (Å²) in [6, 6.07) is 6.68. The van der Waals surface area contributed by atoms with Gasteiger partial charge in [0.05, 0.1) is 5.41 Å². The highest BCUT2D eigenvalue weighted by Crippen LogP contribution is 2.36. The van der Waals surface area contributed by atoms with E-state index in [4.69, 9.17) is 0 Å². The van der Waals surface area contributed by atoms with Crippen LogP contribution in [0.4, 0.5) is 4.39 Å². The van der Waals surface area contributed by atoms with Gasteiger partial charge in [0.25, 0.3) is 0 Å². The van der Waals surface area contributed by atoms with Crippen molar-refractivity contribution >= 4 is 5.91 Å². The van der Waals surface area contributed by atoms with E-state index in [1.807, 2.05) is 6.07 Å². The maximum absolute atomic E-state index is 13.5. The Kier molecular flexibility index (Phi) is 4.48. The second-order valence-electron chi connectivity index (χ2n) is 7.04. The Balaban J connectivity index is 1.74. The fourth-order valence-corrected chi connectivity index (χ4v) is 3.31. The van der Waals surface area contributed by atoms with Crippen molar-refractivity contribution < 1.29 is 9.18 Å². The van der Waals surface area contributed by atoms with E-state index in [9.17, 15) is 9.18 Å². The molecule has 1 heterocycles. The second-order valence-corrected chi connectivity index (χ2v) is 7.04. The Morgan fingerprint density at radius 1 is 1.36 bits per heavy atom. The lowest BCUT2D eigenvalue weighted by atomic mass is 9.73. The molecule has 1 N–H and O–H groups in total. The second kappa shape index (κ2) is 6.37. The highest BCUT2D eigenvalue weighted by molar-refractivity contribution is 5.83. The molecule has 2 fully saturated rings. The molecule has 0 spiro atoms. The van der Waals surface area contributed by atoms with Crippen LogP contribution >= 0.6 is 0 Å². The third-order valence-electron chi connectivity index (χ3n) is 5.11. The van der Waals surface area contributed by atoms with E-state index in [0.29, 0.717) is 12.3 Å². The van der Waals surface area contributed by atoms with Crippen molar-refractivity contribution in [1.82, 2.24) is 10.2 Å². The van der Waals surface area contributed by atoms with E-state index < -0.39 is 0 Å². The monoisotopic (exact) mass is 304 g/mol. The number of likely N-dealkylation sites (tertiary alicyclic amines) is 1. The van der Waals surface area contributed by atoms with Gasteiger partial charge in [-0.15, -0.1) is 0 Å². The molecule has 0 radical (unpaired) electrons. The van der Waals surface area contributed by atoms with Gasteiger partial charge < -0.3 is 10.2 Å². The zero-order chi connectivity index (χ0) is 15.6. The molecule has 22 heavy (non-hydrogen) atoms. The Morgan fingerprint density at radius 2 is 2.09 bits per heavy atom. The quantitative estimate of drug-likeness (QED) is 0.907. The van der Waals surface area contributed by atoms with Gasteiger partial charge in [-0.05, 0) is 75.9 Å². The number of halogens is 1. The van der Waals surface area contributed by atoms with Crippen molar-refractivity contribution in [2.24, 2.45) is 11.3 Å². The molecule has 3 rings (SSSR count). The van der Waals surface area contributed by atoms with E-state index in [0.717, 1.165) is 38.0 Å². The molecule has 1 aliphatic carbocycles. The van der Waals surface area contributed by atoms with Crippen molar-refractivity contribution in [3.63, 3.8) is 0 Å². The summed E-state index contributed by atoms with van der Waals surface area (Å²) in [7, 11) is 2.09. The third kappa shape index (κ3) is 3.67. The minimum Gasteiger partial charge on any atom is -0.355 e. The van der Waals surface area contributed by atoms with Gasteiger partial charge in [0.15, 0.2) is 0 Å². The van der Waals surface area contributed by atoms with E-state index >= 15 is 0 Å². The minimum absolute atomic E-state index is 0.164. The molecule has 0 aromatic heterocycles. The highest BCUT2D eigenvalue weighted by Gasteiger charge is 2.41. The summed E-state index contributed by atoms with van der Waals surface area (Å²) in [5, 5.41) is 3.15. The molecule has 0 atom stereocenters. The molecule has 120 valence electrons. The number of hydrogen-bond donors (Lipinski definition) is 1. The number of nitrogens with zero attached hydrogens (tertiary/aromatic N) is 1. The van der Waals surface area contributed by atoms with Crippen LogP contribution in [-0.2, 0) is 11.2 Å². The van der Waals surface area contributed by atoms with Gasteiger partial charge in [0.1, 0.15) is 5.82 Å². The zero-order valence-electron chi connectivity index (χ0n) is 13.3. The van der Waals surface area contributed by atoms with Crippen LogP contribution in [0.3, 0.4) is 0 Å². The van der Waals surface area contributed by atoms with Crippen LogP contribution in [0.2, 0.25) is 0 Å². The van der Waals surface area contributed by atoms with Gasteiger partial charge >= 0.3 is 0 Å². The molecule has 0 bridgehead atoms. The number of carbonyl (C=O) groups is 1. The fraction of sp³-hybridized carbons (Fsp3) is 0.611. The number of carbonyl (C=O) groups excluding carboxylic acids is 1. The lowest BCUT2D eigenvalue weighted by Crippen LogP contribution is -2.49. The summed E-state index contributed by atoms with van der Waals surface area (Å²) in [6.45, 7) is 2.65. The summed E-state index contributed by atoms with van der Waals surface area (Å²) in [5.41, 5.74) is 0.543. The summed E-state index contributed by atoms with van der Waals surface area (Å²) in [6.07, 6.45) is 4.79. The van der Waals surface area contributed by atoms with Crippen LogP contribution in [0.5, 0.6) is 0 Å². The van der Waals surface area contributed by atoms with E-state index in [1.54, 1.807) is 12.1 Å². The molecule has 1 aliphatic heterocycles. The molecule has 1 saturated carbocycles.